The van der Waals surface area contributed by atoms with Gasteiger partial charge in [0.25, 0.3) is 5.91 Å². The van der Waals surface area contributed by atoms with Gasteiger partial charge in [-0.3, -0.25) is 4.79 Å². The van der Waals surface area contributed by atoms with Crippen molar-refractivity contribution in [2.75, 3.05) is 19.9 Å². The molecule has 124 valence electrons. The number of carbonyl (C=O) groups excluding carboxylic acids is 1. The van der Waals surface area contributed by atoms with Crippen molar-refractivity contribution in [3.63, 3.8) is 0 Å². The van der Waals surface area contributed by atoms with E-state index in [9.17, 15) is 4.79 Å². The Balaban J connectivity index is 1.41. The molecule has 24 heavy (non-hydrogen) atoms. The first kappa shape index (κ1) is 14.8. The Labute approximate surface area is 140 Å². The molecule has 1 aromatic heterocycles. The molecule has 6 heteroatoms. The highest BCUT2D eigenvalue weighted by Gasteiger charge is 2.29. The maximum absolute atomic E-state index is 12.6. The van der Waals surface area contributed by atoms with Crippen molar-refractivity contribution >= 4 is 5.91 Å². The van der Waals surface area contributed by atoms with Gasteiger partial charge in [-0.2, -0.15) is 0 Å². The van der Waals surface area contributed by atoms with Crippen LogP contribution in [-0.4, -0.2) is 41.8 Å². The smallest absolute Gasteiger partial charge is 0.254 e. The quantitative estimate of drug-likeness (QED) is 0.867. The van der Waals surface area contributed by atoms with Gasteiger partial charge in [0.2, 0.25) is 12.7 Å². The molecule has 1 amide bonds. The maximum Gasteiger partial charge on any atom is 0.254 e. The molecule has 3 heterocycles. The van der Waals surface area contributed by atoms with Gasteiger partial charge in [-0.1, -0.05) is 6.07 Å². The van der Waals surface area contributed by atoms with Gasteiger partial charge in [0.15, 0.2) is 11.5 Å². The minimum absolute atomic E-state index is 0.0173. The van der Waals surface area contributed by atoms with Crippen LogP contribution in [0.15, 0.2) is 36.5 Å². The largest absolute Gasteiger partial charge is 0.472 e. The lowest BCUT2D eigenvalue weighted by molar-refractivity contribution is 0.0771. The zero-order valence-corrected chi connectivity index (χ0v) is 13.4. The standard InChI is InChI=1S/C18H18N2O4/c1-12-2-5-17(19-9-12)24-14-6-7-20(10-14)18(21)13-3-4-15-16(8-13)23-11-22-15/h2-5,8-9,14H,6-7,10-11H2,1H3. The van der Waals surface area contributed by atoms with Crippen LogP contribution in [-0.2, 0) is 0 Å². The number of aromatic nitrogens is 1. The second-order valence-corrected chi connectivity index (χ2v) is 6.02. The number of ether oxygens (including phenoxy) is 3. The minimum Gasteiger partial charge on any atom is -0.472 e. The van der Waals surface area contributed by atoms with Crippen LogP contribution in [0.3, 0.4) is 0 Å². The van der Waals surface area contributed by atoms with Gasteiger partial charge in [-0.25, -0.2) is 4.98 Å². The van der Waals surface area contributed by atoms with Crippen LogP contribution in [0, 0.1) is 6.92 Å². The van der Waals surface area contributed by atoms with E-state index in [0.29, 0.717) is 36.0 Å². The third-order valence-corrected chi connectivity index (χ3v) is 4.22. The first-order valence-electron chi connectivity index (χ1n) is 7.97. The van der Waals surface area contributed by atoms with Crippen molar-refractivity contribution in [1.29, 1.82) is 0 Å². The van der Waals surface area contributed by atoms with Crippen molar-refractivity contribution in [2.24, 2.45) is 0 Å². The molecule has 0 radical (unpaired) electrons. The molecule has 6 nitrogen and oxygen atoms in total. The molecule has 0 saturated carbocycles. The molecule has 2 aliphatic heterocycles. The second kappa shape index (κ2) is 6.03. The van der Waals surface area contributed by atoms with Gasteiger partial charge < -0.3 is 19.1 Å². The molecule has 1 aromatic carbocycles. The lowest BCUT2D eigenvalue weighted by Crippen LogP contribution is -2.31. The molecule has 0 bridgehead atoms. The van der Waals surface area contributed by atoms with E-state index in [2.05, 4.69) is 4.98 Å². The summed E-state index contributed by atoms with van der Waals surface area (Å²) < 4.78 is 16.5. The predicted molar refractivity (Wildman–Crippen MR) is 86.5 cm³/mol. The monoisotopic (exact) mass is 326 g/mol. The average molecular weight is 326 g/mol. The van der Waals surface area contributed by atoms with Crippen LogP contribution in [0.1, 0.15) is 22.3 Å². The second-order valence-electron chi connectivity index (χ2n) is 6.02. The summed E-state index contributed by atoms with van der Waals surface area (Å²) in [6.07, 6.45) is 2.55. The fourth-order valence-electron chi connectivity index (χ4n) is 2.92. The number of hydrogen-bond donors (Lipinski definition) is 0. The van der Waals surface area contributed by atoms with Crippen molar-refractivity contribution in [1.82, 2.24) is 9.88 Å². The molecule has 2 aromatic rings. The number of hydrogen-bond acceptors (Lipinski definition) is 5. The van der Waals surface area contributed by atoms with Gasteiger partial charge in [-0.15, -0.1) is 0 Å². The molecule has 1 saturated heterocycles. The summed E-state index contributed by atoms with van der Waals surface area (Å²) in [7, 11) is 0. The lowest BCUT2D eigenvalue weighted by atomic mass is 10.2. The molecule has 0 spiro atoms. The number of benzene rings is 1. The number of nitrogens with zero attached hydrogens (tertiary/aromatic N) is 2. The van der Waals surface area contributed by atoms with Crippen LogP contribution in [0.4, 0.5) is 0 Å². The molecule has 4 rings (SSSR count). The summed E-state index contributed by atoms with van der Waals surface area (Å²) in [6, 6.07) is 9.10. The summed E-state index contributed by atoms with van der Waals surface area (Å²) in [5.41, 5.74) is 1.70. The molecular weight excluding hydrogens is 308 g/mol. The van der Waals surface area contributed by atoms with Crippen molar-refractivity contribution in [3.8, 4) is 17.4 Å². The summed E-state index contributed by atoms with van der Waals surface area (Å²) in [5, 5.41) is 0. The van der Waals surface area contributed by atoms with E-state index in [1.807, 2.05) is 19.1 Å². The number of likely N-dealkylation sites (tertiary alicyclic amines) is 1. The highest BCUT2D eigenvalue weighted by Crippen LogP contribution is 2.33. The molecule has 1 atom stereocenters. The summed E-state index contributed by atoms with van der Waals surface area (Å²) in [6.45, 7) is 3.42. The Morgan fingerprint density at radius 1 is 1.25 bits per heavy atom. The van der Waals surface area contributed by atoms with E-state index in [1.54, 1.807) is 29.3 Å². The van der Waals surface area contributed by atoms with E-state index in [1.165, 1.54) is 0 Å². The number of amides is 1. The Bertz CT molecular complexity index is 760. The SMILES string of the molecule is Cc1ccc(OC2CCN(C(=O)c3ccc4c(c3)OCO4)C2)nc1. The van der Waals surface area contributed by atoms with Crippen LogP contribution in [0.5, 0.6) is 17.4 Å². The molecule has 2 aliphatic rings. The Morgan fingerprint density at radius 2 is 2.12 bits per heavy atom. The summed E-state index contributed by atoms with van der Waals surface area (Å²) >= 11 is 0. The third kappa shape index (κ3) is 2.87. The molecule has 0 aliphatic carbocycles. The van der Waals surface area contributed by atoms with E-state index in [-0.39, 0.29) is 18.8 Å². The third-order valence-electron chi connectivity index (χ3n) is 4.22. The minimum atomic E-state index is -0.0295. The van der Waals surface area contributed by atoms with Gasteiger partial charge in [-0.05, 0) is 30.7 Å². The number of aryl methyl sites for hydroxylation is 1. The number of pyridine rings is 1. The maximum atomic E-state index is 12.6. The first-order chi connectivity index (χ1) is 11.7. The van der Waals surface area contributed by atoms with E-state index in [0.717, 1.165) is 12.0 Å². The van der Waals surface area contributed by atoms with Crippen LogP contribution < -0.4 is 14.2 Å². The van der Waals surface area contributed by atoms with E-state index >= 15 is 0 Å². The number of carbonyl (C=O) groups is 1. The van der Waals surface area contributed by atoms with Crippen molar-refractivity contribution in [2.45, 2.75) is 19.4 Å². The van der Waals surface area contributed by atoms with E-state index < -0.39 is 0 Å². The van der Waals surface area contributed by atoms with Crippen LogP contribution in [0.2, 0.25) is 0 Å². The van der Waals surface area contributed by atoms with Gasteiger partial charge in [0.05, 0.1) is 6.54 Å². The fraction of sp³-hybridized carbons (Fsp3) is 0.333. The van der Waals surface area contributed by atoms with Crippen molar-refractivity contribution < 1.29 is 19.0 Å². The Hall–Kier alpha value is -2.76. The normalized spacial score (nSPS) is 18.7. The molecule has 1 unspecified atom stereocenters. The zero-order valence-electron chi connectivity index (χ0n) is 13.4. The van der Waals surface area contributed by atoms with Gasteiger partial charge in [0, 0.05) is 30.8 Å². The Kier molecular flexibility index (Phi) is 3.72. The van der Waals surface area contributed by atoms with Crippen LogP contribution >= 0.6 is 0 Å². The highest BCUT2D eigenvalue weighted by atomic mass is 16.7. The topological polar surface area (TPSA) is 60.9 Å². The lowest BCUT2D eigenvalue weighted by Gasteiger charge is -2.17. The van der Waals surface area contributed by atoms with Gasteiger partial charge in [0.1, 0.15) is 6.10 Å². The molecule has 1 fully saturated rings. The molecule has 0 N–H and O–H groups in total. The molecular formula is C18H18N2O4. The van der Waals surface area contributed by atoms with Crippen LogP contribution in [0.25, 0.3) is 0 Å². The first-order valence-corrected chi connectivity index (χ1v) is 7.97. The summed E-state index contributed by atoms with van der Waals surface area (Å²) in [4.78, 5) is 18.7. The fourth-order valence-corrected chi connectivity index (χ4v) is 2.92. The zero-order chi connectivity index (χ0) is 16.5. The summed E-state index contributed by atoms with van der Waals surface area (Å²) in [5.74, 6) is 1.88. The Morgan fingerprint density at radius 3 is 2.96 bits per heavy atom. The van der Waals surface area contributed by atoms with Crippen molar-refractivity contribution in [3.05, 3.63) is 47.7 Å². The van der Waals surface area contributed by atoms with Gasteiger partial charge >= 0.3 is 0 Å². The predicted octanol–water partition coefficient (Wildman–Crippen LogP) is 2.41. The number of rotatable bonds is 3. The average Bonchev–Trinajstić information content (AvgIpc) is 3.24. The van der Waals surface area contributed by atoms with E-state index in [4.69, 9.17) is 14.2 Å². The number of fused-ring (bicyclic) bond motifs is 1. The highest BCUT2D eigenvalue weighted by molar-refractivity contribution is 5.95.